The molecule has 37 heavy (non-hydrogen) atoms. The average molecular weight is 553 g/mol. The van der Waals surface area contributed by atoms with E-state index in [2.05, 4.69) is 17.0 Å². The normalized spacial score (nSPS) is 16.6. The molecule has 2 atom stereocenters. The lowest BCUT2D eigenvalue weighted by Gasteiger charge is -2.32. The number of nitrogens with zero attached hydrogens (tertiary/aromatic N) is 2. The summed E-state index contributed by atoms with van der Waals surface area (Å²) in [7, 11) is 1.85. The second-order valence-electron chi connectivity index (χ2n) is 8.96. The topological polar surface area (TPSA) is 88.5 Å². The van der Waals surface area contributed by atoms with Gasteiger partial charge in [0.1, 0.15) is 6.61 Å². The Kier molecular flexibility index (Phi) is 12.1. The van der Waals surface area contributed by atoms with E-state index in [9.17, 15) is 9.59 Å². The molecule has 0 spiro atoms. The number of carboxylic acid groups (broad SMARTS) is 1. The highest BCUT2D eigenvalue weighted by atomic mass is 35.5. The van der Waals surface area contributed by atoms with Crippen molar-refractivity contribution >= 4 is 35.1 Å². The largest absolute Gasteiger partial charge is 0.480 e. The van der Waals surface area contributed by atoms with Gasteiger partial charge in [-0.15, -0.1) is 0 Å². The van der Waals surface area contributed by atoms with Crippen LogP contribution in [0.3, 0.4) is 0 Å². The number of hydrogen-bond donors (Lipinski definition) is 1. The van der Waals surface area contributed by atoms with E-state index in [0.29, 0.717) is 36.4 Å². The Morgan fingerprint density at radius 2 is 1.78 bits per heavy atom. The first-order valence-electron chi connectivity index (χ1n) is 12.3. The number of aliphatic carboxylic acids is 1. The van der Waals surface area contributed by atoms with Gasteiger partial charge in [-0.05, 0) is 29.7 Å². The Morgan fingerprint density at radius 3 is 2.51 bits per heavy atom. The fraction of sp³-hybridized carbons (Fsp3) is 0.481. The molecule has 1 fully saturated rings. The van der Waals surface area contributed by atoms with Crippen LogP contribution >= 0.6 is 23.2 Å². The Morgan fingerprint density at radius 1 is 1.05 bits per heavy atom. The second-order valence-corrected chi connectivity index (χ2v) is 9.77. The van der Waals surface area contributed by atoms with Gasteiger partial charge in [-0.2, -0.15) is 0 Å². The number of carbonyl (C=O) groups excluding carboxylic acids is 1. The van der Waals surface area contributed by atoms with Gasteiger partial charge < -0.3 is 24.2 Å². The molecule has 1 aliphatic heterocycles. The van der Waals surface area contributed by atoms with E-state index in [-0.39, 0.29) is 37.7 Å². The maximum Gasteiger partial charge on any atom is 0.329 e. The lowest BCUT2D eigenvalue weighted by atomic mass is 10.0. The molecule has 202 valence electrons. The number of hydrogen-bond acceptors (Lipinski definition) is 6. The monoisotopic (exact) mass is 552 g/mol. The first kappa shape index (κ1) is 29.4. The summed E-state index contributed by atoms with van der Waals surface area (Å²) in [6.07, 6.45) is 1.24. The van der Waals surface area contributed by atoms with Gasteiger partial charge >= 0.3 is 5.97 Å². The maximum absolute atomic E-state index is 13.2. The summed E-state index contributed by atoms with van der Waals surface area (Å²) in [5, 5.41) is 9.44. The lowest BCUT2D eigenvalue weighted by Crippen LogP contribution is -2.39. The van der Waals surface area contributed by atoms with Crippen molar-refractivity contribution in [1.82, 2.24) is 9.80 Å². The highest BCUT2D eigenvalue weighted by Gasteiger charge is 2.29. The molecule has 0 aliphatic carbocycles. The Hall–Kier alpha value is -2.20. The molecule has 0 radical (unpaired) electrons. The fourth-order valence-electron chi connectivity index (χ4n) is 4.25. The number of carbonyl (C=O) groups is 2. The molecule has 3 rings (SSSR count). The Bertz CT molecular complexity index is 1010. The molecule has 1 aliphatic rings. The quantitative estimate of drug-likeness (QED) is 0.334. The number of halogens is 2. The van der Waals surface area contributed by atoms with E-state index < -0.39 is 5.97 Å². The predicted molar refractivity (Wildman–Crippen MR) is 142 cm³/mol. The van der Waals surface area contributed by atoms with Crippen molar-refractivity contribution in [1.29, 1.82) is 0 Å². The molecule has 1 N–H and O–H groups in total. The lowest BCUT2D eigenvalue weighted by molar-refractivity contribution is -0.142. The van der Waals surface area contributed by atoms with Crippen LogP contribution in [-0.2, 0) is 30.2 Å². The van der Waals surface area contributed by atoms with Crippen LogP contribution in [0.1, 0.15) is 23.6 Å². The van der Waals surface area contributed by atoms with E-state index in [1.165, 1.54) is 0 Å². The van der Waals surface area contributed by atoms with E-state index in [4.69, 9.17) is 42.5 Å². The van der Waals surface area contributed by atoms with Crippen molar-refractivity contribution in [2.45, 2.75) is 25.0 Å². The summed E-state index contributed by atoms with van der Waals surface area (Å²) in [5.41, 5.74) is 1.90. The van der Waals surface area contributed by atoms with E-state index >= 15 is 0 Å². The highest BCUT2D eigenvalue weighted by molar-refractivity contribution is 6.42. The zero-order valence-corrected chi connectivity index (χ0v) is 22.5. The number of carboxylic acids is 1. The van der Waals surface area contributed by atoms with Crippen LogP contribution in [0.15, 0.2) is 48.5 Å². The van der Waals surface area contributed by atoms with Crippen molar-refractivity contribution in [2.75, 3.05) is 59.7 Å². The molecular formula is C27H34Cl2N2O6. The number of ether oxygens (including phenoxy) is 3. The van der Waals surface area contributed by atoms with Gasteiger partial charge in [0.2, 0.25) is 5.91 Å². The molecule has 1 saturated heterocycles. The van der Waals surface area contributed by atoms with Gasteiger partial charge in [0, 0.05) is 26.7 Å². The Balaban J connectivity index is 1.48. The number of benzene rings is 2. The van der Waals surface area contributed by atoms with Gasteiger partial charge in [0.05, 0.1) is 55.0 Å². The minimum Gasteiger partial charge on any atom is -0.480 e. The molecular weight excluding hydrogens is 519 g/mol. The summed E-state index contributed by atoms with van der Waals surface area (Å²) in [4.78, 5) is 27.8. The molecule has 2 aromatic rings. The van der Waals surface area contributed by atoms with Gasteiger partial charge in [0.15, 0.2) is 0 Å². The van der Waals surface area contributed by atoms with Gasteiger partial charge in [-0.3, -0.25) is 9.69 Å². The summed E-state index contributed by atoms with van der Waals surface area (Å²) >= 11 is 12.2. The Labute approximate surface area is 228 Å². The second kappa shape index (κ2) is 15.3. The van der Waals surface area contributed by atoms with Crippen LogP contribution in [0, 0.1) is 0 Å². The van der Waals surface area contributed by atoms with Crippen LogP contribution < -0.4 is 0 Å². The molecule has 1 amide bonds. The highest BCUT2D eigenvalue weighted by Crippen LogP contribution is 2.26. The number of amides is 1. The van der Waals surface area contributed by atoms with Crippen molar-refractivity contribution in [3.05, 3.63) is 69.7 Å². The van der Waals surface area contributed by atoms with E-state index in [1.54, 1.807) is 12.1 Å². The van der Waals surface area contributed by atoms with Crippen molar-refractivity contribution in [3.63, 3.8) is 0 Å². The van der Waals surface area contributed by atoms with E-state index in [1.807, 2.05) is 36.2 Å². The van der Waals surface area contributed by atoms with Crippen molar-refractivity contribution in [2.24, 2.45) is 0 Å². The summed E-state index contributed by atoms with van der Waals surface area (Å²) in [5.74, 6) is -0.991. The standard InChI is InChI=1S/C27H34Cl2N2O6/c1-30(26(32)16-20-7-8-23(28)24(29)15-20)25(21-5-3-2-4-6-21)18-31-10-9-22(17-31)37-14-13-35-11-12-36-19-27(33)34/h2-8,15,22,25H,9-14,16-19H2,1H3,(H,33,34). The van der Waals surface area contributed by atoms with Crippen molar-refractivity contribution in [3.8, 4) is 0 Å². The SMILES string of the molecule is CN(C(=O)Cc1ccc(Cl)c(Cl)c1)C(CN1CCC(OCCOCCOCC(=O)O)C1)c1ccccc1. The van der Waals surface area contributed by atoms with Gasteiger partial charge in [0.25, 0.3) is 0 Å². The van der Waals surface area contributed by atoms with Crippen LogP contribution in [-0.4, -0.2) is 92.6 Å². The molecule has 0 bridgehead atoms. The maximum atomic E-state index is 13.2. The molecule has 0 saturated carbocycles. The third-order valence-electron chi connectivity index (χ3n) is 6.22. The van der Waals surface area contributed by atoms with Crippen LogP contribution in [0.25, 0.3) is 0 Å². The minimum atomic E-state index is -0.995. The zero-order valence-electron chi connectivity index (χ0n) is 21.0. The number of rotatable bonds is 15. The molecule has 1 heterocycles. The van der Waals surface area contributed by atoms with Gasteiger partial charge in [-0.1, -0.05) is 59.6 Å². The zero-order chi connectivity index (χ0) is 26.6. The molecule has 8 nitrogen and oxygen atoms in total. The van der Waals surface area contributed by atoms with Crippen LogP contribution in [0.2, 0.25) is 10.0 Å². The summed E-state index contributed by atoms with van der Waals surface area (Å²) in [6, 6.07) is 15.2. The summed E-state index contributed by atoms with van der Waals surface area (Å²) < 4.78 is 16.3. The first-order chi connectivity index (χ1) is 17.8. The average Bonchev–Trinajstić information content (AvgIpc) is 3.33. The molecule has 2 aromatic carbocycles. The van der Waals surface area contributed by atoms with Crippen molar-refractivity contribution < 1.29 is 28.9 Å². The number of likely N-dealkylation sites (N-methyl/N-ethyl adjacent to an activating group) is 1. The first-order valence-corrected chi connectivity index (χ1v) is 13.0. The van der Waals surface area contributed by atoms with Gasteiger partial charge in [-0.25, -0.2) is 4.79 Å². The molecule has 2 unspecified atom stereocenters. The smallest absolute Gasteiger partial charge is 0.329 e. The number of likely N-dealkylation sites (tertiary alicyclic amines) is 1. The minimum absolute atomic E-state index is 0.00345. The van der Waals surface area contributed by atoms with E-state index in [0.717, 1.165) is 30.6 Å². The predicted octanol–water partition coefficient (Wildman–Crippen LogP) is 3.94. The van der Waals surface area contributed by atoms with Crippen LogP contribution in [0.5, 0.6) is 0 Å². The third-order valence-corrected chi connectivity index (χ3v) is 6.96. The molecule has 10 heteroatoms. The molecule has 0 aromatic heterocycles. The third kappa shape index (κ3) is 9.89. The van der Waals surface area contributed by atoms with Crippen LogP contribution in [0.4, 0.5) is 0 Å². The summed E-state index contributed by atoms with van der Waals surface area (Å²) in [6.45, 7) is 3.49. The fourth-order valence-corrected chi connectivity index (χ4v) is 4.57.